The molecule has 44 heavy (non-hydrogen) atoms. The minimum absolute atomic E-state index is 0.0273. The summed E-state index contributed by atoms with van der Waals surface area (Å²) in [5.74, 6) is -1.51. The highest BCUT2D eigenvalue weighted by atomic mass is 32.2. The van der Waals surface area contributed by atoms with Gasteiger partial charge in [0.15, 0.2) is 9.84 Å². The van der Waals surface area contributed by atoms with Crippen LogP contribution in [0, 0.1) is 16.7 Å². The lowest BCUT2D eigenvalue weighted by molar-refractivity contribution is -0.137. The Bertz CT molecular complexity index is 1970. The molecule has 1 saturated carbocycles. The monoisotopic (exact) mass is 624 g/mol. The fourth-order valence-corrected chi connectivity index (χ4v) is 6.83. The summed E-state index contributed by atoms with van der Waals surface area (Å²) in [6.07, 6.45) is 0.0954. The maximum Gasteiger partial charge on any atom is 0.416 e. The number of hydrogen-bond donors (Lipinski definition) is 2. The maximum atomic E-state index is 13.3. The number of benzene rings is 1. The number of amides is 2. The van der Waals surface area contributed by atoms with Crippen LogP contribution in [-0.4, -0.2) is 63.3 Å². The van der Waals surface area contributed by atoms with Crippen molar-refractivity contribution >= 4 is 38.8 Å². The quantitative estimate of drug-likeness (QED) is 0.337. The van der Waals surface area contributed by atoms with E-state index in [9.17, 15) is 36.4 Å². The van der Waals surface area contributed by atoms with Crippen molar-refractivity contribution in [2.24, 2.45) is 5.41 Å². The Morgan fingerprint density at radius 2 is 1.84 bits per heavy atom. The first-order chi connectivity index (χ1) is 20.8. The number of hydrogen-bond acceptors (Lipinski definition) is 9. The average Bonchev–Trinajstić information content (AvgIpc) is 3.70. The number of fused-ring (bicyclic) bond motifs is 1. The van der Waals surface area contributed by atoms with Gasteiger partial charge in [0, 0.05) is 42.8 Å². The average molecular weight is 625 g/mol. The van der Waals surface area contributed by atoms with Gasteiger partial charge in [0.25, 0.3) is 5.91 Å². The molecule has 1 aliphatic carbocycles. The number of nitrogen functional groups attached to an aromatic ring is 1. The zero-order chi connectivity index (χ0) is 31.4. The first-order valence-corrected chi connectivity index (χ1v) is 15.0. The van der Waals surface area contributed by atoms with Crippen molar-refractivity contribution < 1.29 is 31.2 Å². The van der Waals surface area contributed by atoms with Crippen LogP contribution < -0.4 is 11.1 Å². The van der Waals surface area contributed by atoms with Gasteiger partial charge >= 0.3 is 6.18 Å². The van der Waals surface area contributed by atoms with Crippen LogP contribution in [0.3, 0.4) is 0 Å². The van der Waals surface area contributed by atoms with Crippen LogP contribution in [0.4, 0.5) is 24.8 Å². The first-order valence-electron chi connectivity index (χ1n) is 13.3. The number of imidazole rings is 1. The summed E-state index contributed by atoms with van der Waals surface area (Å²) in [4.78, 5) is 39.8. The number of nitriles is 1. The highest BCUT2D eigenvalue weighted by Gasteiger charge is 2.54. The minimum atomic E-state index is -4.60. The fourth-order valence-electron chi connectivity index (χ4n) is 5.17. The van der Waals surface area contributed by atoms with Crippen molar-refractivity contribution in [3.05, 3.63) is 71.9 Å². The van der Waals surface area contributed by atoms with Gasteiger partial charge in [-0.25, -0.2) is 23.4 Å². The molecule has 0 bridgehead atoms. The molecule has 0 radical (unpaired) electrons. The molecule has 4 heterocycles. The number of pyridine rings is 1. The lowest BCUT2D eigenvalue weighted by atomic mass is 10.1. The van der Waals surface area contributed by atoms with Crippen LogP contribution in [0.2, 0.25) is 0 Å². The van der Waals surface area contributed by atoms with Crippen molar-refractivity contribution in [3.8, 4) is 17.3 Å². The third-order valence-corrected chi connectivity index (χ3v) is 9.75. The lowest BCUT2D eigenvalue weighted by Crippen LogP contribution is -2.48. The number of nitrogens with zero attached hydrogens (tertiary/aromatic N) is 6. The van der Waals surface area contributed by atoms with E-state index < -0.39 is 44.1 Å². The largest absolute Gasteiger partial charge is 0.416 e. The van der Waals surface area contributed by atoms with Crippen molar-refractivity contribution in [2.45, 2.75) is 24.3 Å². The van der Waals surface area contributed by atoms with Gasteiger partial charge < -0.3 is 16.0 Å². The third kappa shape index (κ3) is 5.08. The van der Waals surface area contributed by atoms with Gasteiger partial charge in [-0.2, -0.15) is 18.4 Å². The molecule has 4 aromatic rings. The van der Waals surface area contributed by atoms with Gasteiger partial charge in [-0.05, 0) is 37.1 Å². The predicted octanol–water partition coefficient (Wildman–Crippen LogP) is 3.25. The second-order valence-corrected chi connectivity index (χ2v) is 12.9. The number of sulfone groups is 1. The molecular formula is C28H23F3N8O4S. The van der Waals surface area contributed by atoms with Gasteiger partial charge in [0.05, 0.1) is 17.4 Å². The number of carbonyl (C=O) groups is 2. The van der Waals surface area contributed by atoms with Crippen molar-refractivity contribution in [2.75, 3.05) is 29.9 Å². The van der Waals surface area contributed by atoms with E-state index in [0.29, 0.717) is 23.9 Å². The topological polar surface area (TPSA) is 176 Å². The molecule has 2 fully saturated rings. The summed E-state index contributed by atoms with van der Waals surface area (Å²) >= 11 is 0. The number of alkyl halides is 3. The summed E-state index contributed by atoms with van der Waals surface area (Å²) in [6.45, 7) is -0.214. The summed E-state index contributed by atoms with van der Waals surface area (Å²) in [5, 5.41) is 10.6. The molecule has 6 rings (SSSR count). The van der Waals surface area contributed by atoms with E-state index in [1.54, 1.807) is 0 Å². The molecule has 16 heteroatoms. The molecule has 1 aliphatic heterocycles. The number of carbonyl (C=O) groups excluding carboxylic acids is 2. The number of aromatic nitrogens is 4. The summed E-state index contributed by atoms with van der Waals surface area (Å²) in [7, 11) is -3.76. The number of nitrogens with one attached hydrogen (secondary N) is 1. The molecular weight excluding hydrogens is 601 g/mol. The molecule has 12 nitrogen and oxygen atoms in total. The van der Waals surface area contributed by atoms with Gasteiger partial charge in [-0.15, -0.1) is 0 Å². The van der Waals surface area contributed by atoms with Crippen LogP contribution in [0.15, 0.2) is 55.0 Å². The number of halogens is 3. The lowest BCUT2D eigenvalue weighted by Gasteiger charge is -2.33. The summed E-state index contributed by atoms with van der Waals surface area (Å²) in [5.41, 5.74) is 5.27. The van der Waals surface area contributed by atoms with Gasteiger partial charge in [0.2, 0.25) is 5.91 Å². The highest BCUT2D eigenvalue weighted by Crippen LogP contribution is 2.47. The molecule has 1 atom stereocenters. The zero-order valence-electron chi connectivity index (χ0n) is 22.7. The second-order valence-electron chi connectivity index (χ2n) is 10.6. The van der Waals surface area contributed by atoms with Crippen molar-refractivity contribution in [3.63, 3.8) is 0 Å². The molecule has 1 aromatic carbocycles. The molecule has 0 spiro atoms. The highest BCUT2D eigenvalue weighted by molar-refractivity contribution is 7.91. The fraction of sp³-hybridized carbons (Fsp3) is 0.286. The Hall–Kier alpha value is -5.04. The third-order valence-electron chi connectivity index (χ3n) is 7.77. The van der Waals surface area contributed by atoms with Crippen LogP contribution in [0.1, 0.15) is 39.8 Å². The van der Waals surface area contributed by atoms with Crippen molar-refractivity contribution in [1.82, 2.24) is 24.3 Å². The van der Waals surface area contributed by atoms with E-state index >= 15 is 0 Å². The predicted molar refractivity (Wildman–Crippen MR) is 150 cm³/mol. The Kier molecular flexibility index (Phi) is 6.80. The Balaban J connectivity index is 1.32. The van der Waals surface area contributed by atoms with E-state index in [1.807, 2.05) is 0 Å². The van der Waals surface area contributed by atoms with E-state index in [0.717, 1.165) is 18.3 Å². The smallest absolute Gasteiger partial charge is 0.382 e. The number of nitrogens with two attached hydrogens (primary N) is 1. The molecule has 2 aliphatic rings. The van der Waals surface area contributed by atoms with Gasteiger partial charge in [-0.1, -0.05) is 12.1 Å². The Labute approximate surface area is 248 Å². The Morgan fingerprint density at radius 1 is 1.11 bits per heavy atom. The number of anilines is 2. The molecule has 1 unspecified atom stereocenters. The molecule has 226 valence electrons. The summed E-state index contributed by atoms with van der Waals surface area (Å²) in [6, 6.07) is 9.47. The van der Waals surface area contributed by atoms with E-state index in [4.69, 9.17) is 5.73 Å². The van der Waals surface area contributed by atoms with Crippen molar-refractivity contribution in [1.29, 1.82) is 5.26 Å². The number of rotatable bonds is 5. The second kappa shape index (κ2) is 10.3. The SMILES string of the molecule is N#CC1(C(=O)N2CCS(=O)(=O)C(c3nc(-c4ccc(C(=O)Nc5cc(C(F)(F)F)ccn5)cc4)c4c(N)nccn34)C2)CC1. The molecule has 3 aromatic heterocycles. The summed E-state index contributed by atoms with van der Waals surface area (Å²) < 4.78 is 67.2. The maximum absolute atomic E-state index is 13.3. The standard InChI is InChI=1S/C28H23F3N8O4S/c29-28(30,31)18-5-8-34-20(13-18)36-25(40)17-3-1-16(2-4-17)21-22-23(33)35-9-10-39(22)24(37-21)19-14-38(11-12-44(19,42)43)26(41)27(15-32)6-7-27/h1-5,8-10,13,19H,6-7,11-12,14H2,(H2,33,35)(H,34,36,40). The van der Waals surface area contributed by atoms with Crippen LogP contribution in [0.25, 0.3) is 16.8 Å². The van der Waals surface area contributed by atoms with E-state index in [2.05, 4.69) is 26.3 Å². The Morgan fingerprint density at radius 3 is 2.50 bits per heavy atom. The molecule has 2 amide bonds. The van der Waals surface area contributed by atoms with Crippen LogP contribution in [-0.2, 0) is 20.8 Å². The molecule has 1 saturated heterocycles. The van der Waals surface area contributed by atoms with Gasteiger partial charge in [0.1, 0.15) is 39.3 Å². The molecule has 3 N–H and O–H groups in total. The van der Waals surface area contributed by atoms with E-state index in [-0.39, 0.29) is 47.6 Å². The van der Waals surface area contributed by atoms with Crippen LogP contribution >= 0.6 is 0 Å². The normalized spacial score (nSPS) is 18.9. The van der Waals surface area contributed by atoms with E-state index in [1.165, 1.54) is 46.0 Å². The zero-order valence-corrected chi connectivity index (χ0v) is 23.6. The first kappa shape index (κ1) is 29.1. The van der Waals surface area contributed by atoms with Gasteiger partial charge in [-0.3, -0.25) is 14.0 Å². The van der Waals surface area contributed by atoms with Crippen LogP contribution in [0.5, 0.6) is 0 Å². The minimum Gasteiger partial charge on any atom is -0.382 e.